The summed E-state index contributed by atoms with van der Waals surface area (Å²) in [5.41, 5.74) is 0. The molecule has 6 heteroatoms. The second-order valence-corrected chi connectivity index (χ2v) is 6.11. The van der Waals surface area contributed by atoms with Gasteiger partial charge in [0.05, 0.1) is 19.3 Å². The van der Waals surface area contributed by atoms with Crippen molar-refractivity contribution in [3.8, 4) is 5.75 Å². The van der Waals surface area contributed by atoms with E-state index in [1.54, 1.807) is 30.2 Å². The minimum absolute atomic E-state index is 0.0166. The Bertz CT molecular complexity index is 525. The predicted molar refractivity (Wildman–Crippen MR) is 88.3 cm³/mol. The van der Waals surface area contributed by atoms with Crippen LogP contribution < -0.4 is 4.74 Å². The van der Waals surface area contributed by atoms with Crippen LogP contribution in [0.5, 0.6) is 5.75 Å². The minimum Gasteiger partial charge on any atom is -0.489 e. The molecule has 0 heterocycles. The fourth-order valence-corrected chi connectivity index (χ4v) is 3.01. The maximum atomic E-state index is 13.6. The SMILES string of the molecule is COCCN(CCOc1ccccc1F)C(=O)[C@@H]1CCC[C@H](O)C1. The van der Waals surface area contributed by atoms with Crippen LogP contribution in [-0.2, 0) is 9.53 Å². The average Bonchev–Trinajstić information content (AvgIpc) is 2.59. The molecule has 1 aromatic rings. The maximum absolute atomic E-state index is 13.6. The summed E-state index contributed by atoms with van der Waals surface area (Å²) in [5.74, 6) is -0.366. The fourth-order valence-electron chi connectivity index (χ4n) is 3.01. The lowest BCUT2D eigenvalue weighted by atomic mass is 9.86. The zero-order valence-corrected chi connectivity index (χ0v) is 14.1. The molecule has 1 aromatic carbocycles. The van der Waals surface area contributed by atoms with Crippen molar-refractivity contribution in [2.24, 2.45) is 5.92 Å². The van der Waals surface area contributed by atoms with Gasteiger partial charge in [0, 0.05) is 19.6 Å². The Labute approximate surface area is 142 Å². The average molecular weight is 339 g/mol. The standard InChI is InChI=1S/C18H26FNO4/c1-23-11-9-20(18(22)14-5-4-6-15(21)13-14)10-12-24-17-8-3-2-7-16(17)19/h2-3,7-8,14-15,21H,4-6,9-13H2,1H3/t14-,15+/m1/s1. The van der Waals surface area contributed by atoms with Gasteiger partial charge in [-0.05, 0) is 31.4 Å². The van der Waals surface area contributed by atoms with E-state index in [4.69, 9.17) is 9.47 Å². The van der Waals surface area contributed by atoms with E-state index in [0.29, 0.717) is 26.1 Å². The molecule has 1 amide bonds. The van der Waals surface area contributed by atoms with Gasteiger partial charge in [0.25, 0.3) is 0 Å². The number of nitrogens with zero attached hydrogens (tertiary/aromatic N) is 1. The van der Waals surface area contributed by atoms with Crippen LogP contribution in [0.25, 0.3) is 0 Å². The molecule has 24 heavy (non-hydrogen) atoms. The number of methoxy groups -OCH3 is 1. The van der Waals surface area contributed by atoms with Crippen LogP contribution in [0.2, 0.25) is 0 Å². The Hall–Kier alpha value is -1.66. The van der Waals surface area contributed by atoms with Crippen LogP contribution in [0, 0.1) is 11.7 Å². The Balaban J connectivity index is 1.89. The zero-order chi connectivity index (χ0) is 17.4. The highest BCUT2D eigenvalue weighted by Crippen LogP contribution is 2.26. The van der Waals surface area contributed by atoms with E-state index in [9.17, 15) is 14.3 Å². The third-order valence-corrected chi connectivity index (χ3v) is 4.33. The monoisotopic (exact) mass is 339 g/mol. The number of ether oxygens (including phenoxy) is 2. The molecular formula is C18H26FNO4. The molecule has 1 aliphatic rings. The number of carbonyl (C=O) groups excluding carboxylic acids is 1. The molecule has 0 radical (unpaired) electrons. The van der Waals surface area contributed by atoms with Crippen molar-refractivity contribution < 1.29 is 23.8 Å². The topological polar surface area (TPSA) is 59.0 Å². The van der Waals surface area contributed by atoms with E-state index < -0.39 is 11.9 Å². The number of hydrogen-bond donors (Lipinski definition) is 1. The van der Waals surface area contributed by atoms with Crippen molar-refractivity contribution in [1.29, 1.82) is 0 Å². The van der Waals surface area contributed by atoms with Crippen molar-refractivity contribution >= 4 is 5.91 Å². The van der Waals surface area contributed by atoms with Crippen molar-refractivity contribution in [1.82, 2.24) is 4.90 Å². The van der Waals surface area contributed by atoms with Gasteiger partial charge in [0.1, 0.15) is 6.61 Å². The van der Waals surface area contributed by atoms with Crippen molar-refractivity contribution in [2.45, 2.75) is 31.8 Å². The summed E-state index contributed by atoms with van der Waals surface area (Å²) >= 11 is 0. The first-order chi connectivity index (χ1) is 11.6. The molecule has 1 N–H and O–H groups in total. The van der Waals surface area contributed by atoms with Crippen LogP contribution in [0.4, 0.5) is 4.39 Å². The van der Waals surface area contributed by atoms with Gasteiger partial charge in [-0.3, -0.25) is 4.79 Å². The van der Waals surface area contributed by atoms with Crippen LogP contribution in [-0.4, -0.2) is 55.4 Å². The molecule has 1 aliphatic carbocycles. The summed E-state index contributed by atoms with van der Waals surface area (Å²) in [6.45, 7) is 1.47. The molecule has 1 saturated carbocycles. The predicted octanol–water partition coefficient (Wildman–Crippen LogP) is 2.23. The molecule has 0 unspecified atom stereocenters. The molecule has 0 bridgehead atoms. The number of carbonyl (C=O) groups is 1. The summed E-state index contributed by atoms with van der Waals surface area (Å²) in [4.78, 5) is 14.4. The molecule has 1 fully saturated rings. The van der Waals surface area contributed by atoms with E-state index in [2.05, 4.69) is 0 Å². The van der Waals surface area contributed by atoms with Gasteiger partial charge >= 0.3 is 0 Å². The molecule has 5 nitrogen and oxygen atoms in total. The Morgan fingerprint density at radius 2 is 2.04 bits per heavy atom. The van der Waals surface area contributed by atoms with E-state index in [1.165, 1.54) is 6.07 Å². The lowest BCUT2D eigenvalue weighted by Gasteiger charge is -2.31. The molecule has 2 atom stereocenters. The number of rotatable bonds is 8. The smallest absolute Gasteiger partial charge is 0.225 e. The number of hydrogen-bond acceptors (Lipinski definition) is 4. The first kappa shape index (κ1) is 18.7. The molecule has 0 aromatic heterocycles. The maximum Gasteiger partial charge on any atom is 0.225 e. The van der Waals surface area contributed by atoms with Crippen LogP contribution in [0.1, 0.15) is 25.7 Å². The minimum atomic E-state index is -0.414. The highest BCUT2D eigenvalue weighted by molar-refractivity contribution is 5.79. The molecule has 2 rings (SSSR count). The summed E-state index contributed by atoms with van der Waals surface area (Å²) in [7, 11) is 1.59. The Morgan fingerprint density at radius 3 is 2.75 bits per heavy atom. The molecule has 0 aliphatic heterocycles. The van der Waals surface area contributed by atoms with Gasteiger partial charge < -0.3 is 19.5 Å². The summed E-state index contributed by atoms with van der Waals surface area (Å²) in [5, 5.41) is 9.78. The highest BCUT2D eigenvalue weighted by atomic mass is 19.1. The first-order valence-corrected chi connectivity index (χ1v) is 8.45. The Kier molecular flexibility index (Phi) is 7.46. The van der Waals surface area contributed by atoms with E-state index in [-0.39, 0.29) is 24.2 Å². The van der Waals surface area contributed by atoms with E-state index >= 15 is 0 Å². The second kappa shape index (κ2) is 9.59. The van der Waals surface area contributed by atoms with Gasteiger partial charge in [-0.25, -0.2) is 4.39 Å². The van der Waals surface area contributed by atoms with Crippen molar-refractivity contribution in [3.63, 3.8) is 0 Å². The third-order valence-electron chi connectivity index (χ3n) is 4.33. The van der Waals surface area contributed by atoms with Crippen LogP contribution >= 0.6 is 0 Å². The van der Waals surface area contributed by atoms with Gasteiger partial charge in [-0.15, -0.1) is 0 Å². The van der Waals surface area contributed by atoms with Gasteiger partial charge in [-0.1, -0.05) is 18.6 Å². The number of para-hydroxylation sites is 1. The van der Waals surface area contributed by atoms with Crippen LogP contribution in [0.15, 0.2) is 24.3 Å². The van der Waals surface area contributed by atoms with Crippen LogP contribution in [0.3, 0.4) is 0 Å². The number of halogens is 1. The zero-order valence-electron chi connectivity index (χ0n) is 14.1. The number of aliphatic hydroxyl groups is 1. The lowest BCUT2D eigenvalue weighted by Crippen LogP contribution is -2.42. The highest BCUT2D eigenvalue weighted by Gasteiger charge is 2.29. The summed E-state index contributed by atoms with van der Waals surface area (Å²) in [6, 6.07) is 6.21. The van der Waals surface area contributed by atoms with Crippen molar-refractivity contribution in [2.75, 3.05) is 33.4 Å². The molecular weight excluding hydrogens is 313 g/mol. The van der Waals surface area contributed by atoms with E-state index in [1.807, 2.05) is 0 Å². The van der Waals surface area contributed by atoms with Gasteiger partial charge in [-0.2, -0.15) is 0 Å². The second-order valence-electron chi connectivity index (χ2n) is 6.11. The number of amides is 1. The molecule has 134 valence electrons. The summed E-state index contributed by atoms with van der Waals surface area (Å²) in [6.07, 6.45) is 2.54. The fraction of sp³-hybridized carbons (Fsp3) is 0.611. The van der Waals surface area contributed by atoms with E-state index in [0.717, 1.165) is 19.3 Å². The lowest BCUT2D eigenvalue weighted by molar-refractivity contribution is -0.139. The third kappa shape index (κ3) is 5.46. The van der Waals surface area contributed by atoms with Crippen molar-refractivity contribution in [3.05, 3.63) is 30.1 Å². The quantitative estimate of drug-likeness (QED) is 0.789. The largest absolute Gasteiger partial charge is 0.489 e. The first-order valence-electron chi connectivity index (χ1n) is 8.45. The number of aliphatic hydroxyl groups excluding tert-OH is 1. The normalized spacial score (nSPS) is 20.6. The molecule has 0 saturated heterocycles. The number of benzene rings is 1. The van der Waals surface area contributed by atoms with Gasteiger partial charge in [0.2, 0.25) is 5.91 Å². The molecule has 0 spiro atoms. The summed E-state index contributed by atoms with van der Waals surface area (Å²) < 4.78 is 24.1. The van der Waals surface area contributed by atoms with Gasteiger partial charge in [0.15, 0.2) is 11.6 Å². The Morgan fingerprint density at radius 1 is 1.29 bits per heavy atom.